The Morgan fingerprint density at radius 1 is 1.19 bits per heavy atom. The fourth-order valence-electron chi connectivity index (χ4n) is 2.99. The summed E-state index contributed by atoms with van der Waals surface area (Å²) in [5.41, 5.74) is 0. The van der Waals surface area contributed by atoms with E-state index in [1.54, 1.807) is 0 Å². The Balaban J connectivity index is 1.63. The summed E-state index contributed by atoms with van der Waals surface area (Å²) in [6.07, 6.45) is 7.08. The van der Waals surface area contributed by atoms with Crippen molar-refractivity contribution in [2.75, 3.05) is 26.7 Å². The van der Waals surface area contributed by atoms with Gasteiger partial charge in [-0.3, -0.25) is 0 Å². The first kappa shape index (κ1) is 12.3. The van der Waals surface area contributed by atoms with Crippen LogP contribution in [0, 0.1) is 5.92 Å². The van der Waals surface area contributed by atoms with Crippen LogP contribution in [0.3, 0.4) is 0 Å². The van der Waals surface area contributed by atoms with Gasteiger partial charge in [-0.25, -0.2) is 0 Å². The lowest BCUT2D eigenvalue weighted by molar-refractivity contribution is 0.0982. The van der Waals surface area contributed by atoms with Crippen molar-refractivity contribution in [3.05, 3.63) is 0 Å². The number of aliphatic hydroxyl groups excluding tert-OH is 1. The maximum absolute atomic E-state index is 9.62. The molecular weight excluding hydrogens is 200 g/mol. The summed E-state index contributed by atoms with van der Waals surface area (Å²) in [6, 6.07) is 0.718. The Bertz CT molecular complexity index is 202. The average molecular weight is 226 g/mol. The van der Waals surface area contributed by atoms with Gasteiger partial charge in [0.15, 0.2) is 0 Å². The molecule has 0 radical (unpaired) electrons. The van der Waals surface area contributed by atoms with Gasteiger partial charge in [-0.15, -0.1) is 0 Å². The number of nitrogens with zero attached hydrogens (tertiary/aromatic N) is 1. The zero-order valence-electron chi connectivity index (χ0n) is 10.5. The van der Waals surface area contributed by atoms with E-state index in [1.165, 1.54) is 38.8 Å². The molecule has 3 nitrogen and oxygen atoms in total. The standard InChI is InChI=1S/C13H26N2O/c1-15-7-5-12(6-8-15)14-10-11-3-2-4-13(16)9-11/h11-14,16H,2-10H2,1H3. The molecule has 1 saturated carbocycles. The SMILES string of the molecule is CN1CCC(NCC2CCCC(O)C2)CC1. The van der Waals surface area contributed by atoms with Gasteiger partial charge >= 0.3 is 0 Å². The molecule has 94 valence electrons. The largest absolute Gasteiger partial charge is 0.393 e. The van der Waals surface area contributed by atoms with Gasteiger partial charge in [-0.2, -0.15) is 0 Å². The number of hydrogen-bond donors (Lipinski definition) is 2. The van der Waals surface area contributed by atoms with E-state index < -0.39 is 0 Å². The van der Waals surface area contributed by atoms with Crippen molar-refractivity contribution >= 4 is 0 Å². The number of aliphatic hydroxyl groups is 1. The molecular formula is C13H26N2O. The van der Waals surface area contributed by atoms with E-state index in [4.69, 9.17) is 0 Å². The molecule has 16 heavy (non-hydrogen) atoms. The first-order valence-corrected chi connectivity index (χ1v) is 6.84. The number of likely N-dealkylation sites (tertiary alicyclic amines) is 1. The molecule has 2 N–H and O–H groups in total. The topological polar surface area (TPSA) is 35.5 Å². The smallest absolute Gasteiger partial charge is 0.0543 e. The van der Waals surface area contributed by atoms with Gasteiger partial charge in [-0.1, -0.05) is 6.42 Å². The number of rotatable bonds is 3. The minimum atomic E-state index is -0.0296. The van der Waals surface area contributed by atoms with Crippen LogP contribution in [-0.2, 0) is 0 Å². The third-order valence-electron chi connectivity index (χ3n) is 4.17. The Morgan fingerprint density at radius 3 is 2.62 bits per heavy atom. The molecule has 0 aromatic carbocycles. The van der Waals surface area contributed by atoms with E-state index in [2.05, 4.69) is 17.3 Å². The normalized spacial score (nSPS) is 34.1. The molecule has 2 aliphatic rings. The molecule has 1 saturated heterocycles. The van der Waals surface area contributed by atoms with E-state index in [-0.39, 0.29) is 6.10 Å². The van der Waals surface area contributed by atoms with Crippen molar-refractivity contribution < 1.29 is 5.11 Å². The summed E-state index contributed by atoms with van der Waals surface area (Å²) in [7, 11) is 2.20. The van der Waals surface area contributed by atoms with Gasteiger partial charge in [0.05, 0.1) is 6.10 Å². The van der Waals surface area contributed by atoms with Crippen LogP contribution in [0.25, 0.3) is 0 Å². The zero-order chi connectivity index (χ0) is 11.4. The van der Waals surface area contributed by atoms with Crippen LogP contribution >= 0.6 is 0 Å². The Hall–Kier alpha value is -0.120. The molecule has 3 heteroatoms. The summed E-state index contributed by atoms with van der Waals surface area (Å²) in [6.45, 7) is 3.57. The highest BCUT2D eigenvalue weighted by atomic mass is 16.3. The van der Waals surface area contributed by atoms with Gasteiger partial charge < -0.3 is 15.3 Å². The van der Waals surface area contributed by atoms with Crippen LogP contribution < -0.4 is 5.32 Å². The molecule has 1 heterocycles. The molecule has 2 unspecified atom stereocenters. The van der Waals surface area contributed by atoms with Gasteiger partial charge in [0.1, 0.15) is 0 Å². The van der Waals surface area contributed by atoms with Gasteiger partial charge in [0.2, 0.25) is 0 Å². The first-order chi connectivity index (χ1) is 7.74. The molecule has 0 bridgehead atoms. The molecule has 0 aromatic heterocycles. The summed E-state index contributed by atoms with van der Waals surface area (Å²) in [5, 5.41) is 13.3. The maximum atomic E-state index is 9.62. The molecule has 2 rings (SSSR count). The van der Waals surface area contributed by atoms with E-state index in [0.717, 1.165) is 25.4 Å². The second-order valence-corrected chi connectivity index (χ2v) is 5.67. The van der Waals surface area contributed by atoms with Crippen molar-refractivity contribution in [1.29, 1.82) is 0 Å². The quantitative estimate of drug-likeness (QED) is 0.759. The highest BCUT2D eigenvalue weighted by Crippen LogP contribution is 2.23. The van der Waals surface area contributed by atoms with Crippen molar-refractivity contribution in [3.8, 4) is 0 Å². The Morgan fingerprint density at radius 2 is 1.94 bits per heavy atom. The van der Waals surface area contributed by atoms with Gasteiger partial charge in [-0.05, 0) is 64.7 Å². The van der Waals surface area contributed by atoms with Crippen LogP contribution in [0.15, 0.2) is 0 Å². The lowest BCUT2D eigenvalue weighted by Crippen LogP contribution is -2.43. The van der Waals surface area contributed by atoms with Crippen molar-refractivity contribution in [2.24, 2.45) is 5.92 Å². The molecule has 1 aliphatic carbocycles. The van der Waals surface area contributed by atoms with Crippen LogP contribution in [0.4, 0.5) is 0 Å². The molecule has 0 spiro atoms. The number of piperidine rings is 1. The molecule has 0 aromatic rings. The second-order valence-electron chi connectivity index (χ2n) is 5.67. The minimum absolute atomic E-state index is 0.0296. The summed E-state index contributed by atoms with van der Waals surface area (Å²) in [5.74, 6) is 0.711. The number of hydrogen-bond acceptors (Lipinski definition) is 3. The highest BCUT2D eigenvalue weighted by molar-refractivity contribution is 4.79. The predicted octanol–water partition coefficient (Wildman–Crippen LogP) is 1.22. The summed E-state index contributed by atoms with van der Waals surface area (Å²) >= 11 is 0. The van der Waals surface area contributed by atoms with Crippen LogP contribution in [0.1, 0.15) is 38.5 Å². The second kappa shape index (κ2) is 5.99. The Kier molecular flexibility index (Phi) is 4.62. The van der Waals surface area contributed by atoms with Crippen molar-refractivity contribution in [2.45, 2.75) is 50.7 Å². The number of nitrogens with one attached hydrogen (secondary N) is 1. The monoisotopic (exact) mass is 226 g/mol. The van der Waals surface area contributed by atoms with Crippen molar-refractivity contribution in [1.82, 2.24) is 10.2 Å². The maximum Gasteiger partial charge on any atom is 0.0543 e. The van der Waals surface area contributed by atoms with Gasteiger partial charge in [0, 0.05) is 6.04 Å². The lowest BCUT2D eigenvalue weighted by atomic mass is 9.87. The predicted molar refractivity (Wildman–Crippen MR) is 66.5 cm³/mol. The van der Waals surface area contributed by atoms with E-state index in [9.17, 15) is 5.11 Å². The van der Waals surface area contributed by atoms with E-state index >= 15 is 0 Å². The first-order valence-electron chi connectivity index (χ1n) is 6.84. The van der Waals surface area contributed by atoms with Crippen LogP contribution in [0.5, 0.6) is 0 Å². The Labute approximate surface area is 99.2 Å². The molecule has 2 atom stereocenters. The fraction of sp³-hybridized carbons (Fsp3) is 1.00. The minimum Gasteiger partial charge on any atom is -0.393 e. The van der Waals surface area contributed by atoms with E-state index in [1.807, 2.05) is 0 Å². The molecule has 1 aliphatic heterocycles. The third-order valence-corrected chi connectivity index (χ3v) is 4.17. The summed E-state index contributed by atoms with van der Waals surface area (Å²) in [4.78, 5) is 2.41. The highest BCUT2D eigenvalue weighted by Gasteiger charge is 2.22. The molecule has 2 fully saturated rings. The van der Waals surface area contributed by atoms with Gasteiger partial charge in [0.25, 0.3) is 0 Å². The lowest BCUT2D eigenvalue weighted by Gasteiger charge is -2.32. The van der Waals surface area contributed by atoms with Crippen molar-refractivity contribution in [3.63, 3.8) is 0 Å². The fourth-order valence-corrected chi connectivity index (χ4v) is 2.99. The average Bonchev–Trinajstić information content (AvgIpc) is 2.28. The van der Waals surface area contributed by atoms with E-state index in [0.29, 0.717) is 5.92 Å². The van der Waals surface area contributed by atoms with Crippen LogP contribution in [0.2, 0.25) is 0 Å². The zero-order valence-corrected chi connectivity index (χ0v) is 10.5. The van der Waals surface area contributed by atoms with Crippen LogP contribution in [-0.4, -0.2) is 48.8 Å². The third kappa shape index (κ3) is 3.72. The molecule has 0 amide bonds. The summed E-state index contributed by atoms with van der Waals surface area (Å²) < 4.78 is 0.